The molecular weight excluding hydrogens is 559 g/mol. The van der Waals surface area contributed by atoms with Crippen molar-refractivity contribution in [3.8, 4) is 22.4 Å². The number of esters is 1. The van der Waals surface area contributed by atoms with Gasteiger partial charge in [-0.2, -0.15) is 0 Å². The van der Waals surface area contributed by atoms with E-state index < -0.39 is 18.2 Å². The predicted molar refractivity (Wildman–Crippen MR) is 177 cm³/mol. The molecule has 0 aliphatic heterocycles. The maximum absolute atomic E-state index is 14.0. The fourth-order valence-corrected chi connectivity index (χ4v) is 5.00. The number of aliphatic hydroxyl groups is 2. The lowest BCUT2D eigenvalue weighted by Crippen LogP contribution is -2.23. The molecule has 0 aliphatic rings. The average Bonchev–Trinajstić information content (AvgIpc) is 3.36. The lowest BCUT2D eigenvalue weighted by molar-refractivity contribution is -0.143. The van der Waals surface area contributed by atoms with Crippen LogP contribution in [0.1, 0.15) is 64.1 Å². The first-order valence-electron chi connectivity index (χ1n) is 14.7. The Morgan fingerprint density at radius 2 is 1.61 bits per heavy atom. The number of hydrogen-bond donors (Lipinski definition) is 3. The monoisotopic (exact) mass is 606 g/mol. The molecule has 1 heterocycles. The second kappa shape index (κ2) is 19.8. The van der Waals surface area contributed by atoms with Gasteiger partial charge in [0.1, 0.15) is 5.82 Å². The van der Waals surface area contributed by atoms with Crippen LogP contribution in [0.3, 0.4) is 0 Å². The smallest absolute Gasteiger partial charge is 0.308 e. The van der Waals surface area contributed by atoms with Crippen molar-refractivity contribution < 1.29 is 28.9 Å². The Morgan fingerprint density at radius 3 is 2.11 bits per heavy atom. The van der Waals surface area contributed by atoms with Crippen LogP contribution in [0.25, 0.3) is 28.0 Å². The minimum Gasteiger partial charge on any atom is -0.469 e. The van der Waals surface area contributed by atoms with E-state index in [2.05, 4.69) is 42.0 Å². The molecule has 1 amide bonds. The number of aromatic nitrogens is 1. The number of aliphatic hydroxyl groups excluding tert-OH is 2. The molecule has 0 saturated carbocycles. The van der Waals surface area contributed by atoms with Crippen LogP contribution in [0.15, 0.2) is 86.0 Å². The minimum atomic E-state index is -1.00. The van der Waals surface area contributed by atoms with Crippen molar-refractivity contribution in [3.05, 3.63) is 103 Å². The molecule has 8 heteroatoms. The molecule has 0 saturated heterocycles. The summed E-state index contributed by atoms with van der Waals surface area (Å²) in [6.07, 6.45) is 4.08. The Balaban J connectivity index is 0.00000182. The molecule has 0 radical (unpaired) electrons. The molecule has 2 aromatic carbocycles. The second-order valence-electron chi connectivity index (χ2n) is 9.97. The van der Waals surface area contributed by atoms with Gasteiger partial charge >= 0.3 is 5.97 Å². The van der Waals surface area contributed by atoms with Gasteiger partial charge in [-0.05, 0) is 59.7 Å². The molecule has 238 valence electrons. The Labute approximate surface area is 261 Å². The van der Waals surface area contributed by atoms with Gasteiger partial charge in [0, 0.05) is 23.4 Å². The van der Waals surface area contributed by atoms with Gasteiger partial charge in [-0.1, -0.05) is 89.4 Å². The molecule has 0 fully saturated rings. The summed E-state index contributed by atoms with van der Waals surface area (Å²) in [7, 11) is 1.27. The van der Waals surface area contributed by atoms with Gasteiger partial charge < -0.3 is 25.3 Å². The molecule has 3 rings (SSSR count). The number of carbonyl (C=O) groups excluding carboxylic acids is 2. The zero-order valence-corrected chi connectivity index (χ0v) is 26.5. The number of amides is 1. The zero-order valence-electron chi connectivity index (χ0n) is 26.5. The fourth-order valence-electron chi connectivity index (χ4n) is 5.00. The van der Waals surface area contributed by atoms with E-state index in [4.69, 9.17) is 4.79 Å². The number of nitrogens with two attached hydrogens (primary N) is 1. The van der Waals surface area contributed by atoms with Crippen molar-refractivity contribution >= 4 is 18.0 Å². The molecule has 0 aliphatic carbocycles. The first-order valence-corrected chi connectivity index (χ1v) is 14.7. The lowest BCUT2D eigenvalue weighted by atomic mass is 9.90. The van der Waals surface area contributed by atoms with Gasteiger partial charge in [0.15, 0.2) is 0 Å². The third-order valence-electron chi connectivity index (χ3n) is 6.70. The first kappa shape index (κ1) is 37.8. The summed E-state index contributed by atoms with van der Waals surface area (Å²) < 4.78 is 20.8. The molecular formula is C36H47FN2O5. The molecule has 3 aromatic rings. The summed E-state index contributed by atoms with van der Waals surface area (Å²) in [5.41, 5.74) is 10.8. The summed E-state index contributed by atoms with van der Waals surface area (Å²) in [5, 5.41) is 21.1. The highest BCUT2D eigenvalue weighted by atomic mass is 19.1. The topological polar surface area (TPSA) is 115 Å². The van der Waals surface area contributed by atoms with E-state index in [1.54, 1.807) is 18.2 Å². The van der Waals surface area contributed by atoms with Gasteiger partial charge in [0.2, 0.25) is 6.41 Å². The van der Waals surface area contributed by atoms with Crippen molar-refractivity contribution in [2.75, 3.05) is 7.11 Å². The maximum Gasteiger partial charge on any atom is 0.308 e. The van der Waals surface area contributed by atoms with Gasteiger partial charge in [0.25, 0.3) is 0 Å². The fraction of sp³-hybridized carbons (Fsp3) is 0.333. The lowest BCUT2D eigenvalue weighted by Gasteiger charge is -2.20. The number of ether oxygens (including phenoxy) is 1. The summed E-state index contributed by atoms with van der Waals surface area (Å²) in [6.45, 7) is 16.6. The van der Waals surface area contributed by atoms with Gasteiger partial charge in [0.05, 0.1) is 31.4 Å². The van der Waals surface area contributed by atoms with Gasteiger partial charge in [-0.3, -0.25) is 9.59 Å². The van der Waals surface area contributed by atoms with Crippen LogP contribution in [0.4, 0.5) is 4.39 Å². The van der Waals surface area contributed by atoms with E-state index in [1.807, 2.05) is 56.3 Å². The van der Waals surface area contributed by atoms with E-state index in [0.29, 0.717) is 13.0 Å². The molecule has 1 aromatic heterocycles. The van der Waals surface area contributed by atoms with Crippen molar-refractivity contribution in [2.45, 2.75) is 71.6 Å². The Morgan fingerprint density at radius 1 is 1.02 bits per heavy atom. The highest BCUT2D eigenvalue weighted by Crippen LogP contribution is 2.45. The normalized spacial score (nSPS) is 12.2. The van der Waals surface area contributed by atoms with Crippen molar-refractivity contribution in [1.82, 2.24) is 4.57 Å². The van der Waals surface area contributed by atoms with Crippen molar-refractivity contribution in [1.29, 1.82) is 0 Å². The van der Waals surface area contributed by atoms with Crippen LogP contribution in [0.5, 0.6) is 0 Å². The third-order valence-corrected chi connectivity index (χ3v) is 6.70. The number of methoxy groups -OCH3 is 1. The van der Waals surface area contributed by atoms with Crippen LogP contribution in [-0.4, -0.2) is 46.5 Å². The number of primary amides is 1. The van der Waals surface area contributed by atoms with Crippen LogP contribution < -0.4 is 5.73 Å². The summed E-state index contributed by atoms with van der Waals surface area (Å²) in [6, 6.07) is 16.5. The molecule has 0 spiro atoms. The van der Waals surface area contributed by atoms with Crippen LogP contribution in [0, 0.1) is 5.82 Å². The quantitative estimate of drug-likeness (QED) is 0.110. The van der Waals surface area contributed by atoms with Gasteiger partial charge in [-0.25, -0.2) is 4.39 Å². The van der Waals surface area contributed by atoms with E-state index in [1.165, 1.54) is 19.2 Å². The van der Waals surface area contributed by atoms with E-state index in [0.717, 1.165) is 39.2 Å². The first-order chi connectivity index (χ1) is 21.1. The zero-order chi connectivity index (χ0) is 33.2. The number of halogens is 1. The number of nitrogens with zero attached hydrogens (tertiary/aromatic N) is 1. The Hall–Kier alpha value is -4.27. The number of hydrogen-bond acceptors (Lipinski definition) is 5. The Bertz CT molecular complexity index is 1360. The molecule has 0 bridgehead atoms. The van der Waals surface area contributed by atoms with E-state index in [-0.39, 0.29) is 31.0 Å². The minimum absolute atomic E-state index is 0.0476. The molecule has 2 unspecified atom stereocenters. The number of benzene rings is 2. The highest BCUT2D eigenvalue weighted by molar-refractivity contribution is 5.96. The van der Waals surface area contributed by atoms with Crippen molar-refractivity contribution in [2.24, 2.45) is 5.73 Å². The second-order valence-corrected chi connectivity index (χ2v) is 9.97. The van der Waals surface area contributed by atoms with E-state index in [9.17, 15) is 19.4 Å². The largest absolute Gasteiger partial charge is 0.469 e. The van der Waals surface area contributed by atoms with Crippen LogP contribution in [-0.2, 0) is 20.9 Å². The van der Waals surface area contributed by atoms with Crippen LogP contribution >= 0.6 is 0 Å². The molecule has 44 heavy (non-hydrogen) atoms. The number of allylic oxidation sites excluding steroid dienone is 4. The standard InChI is InChI=1S/C33H38FNO4.C2H6.CH3NO/c1-6-11-23(7-2)30-31(24-12-9-8-10-13-24)33(25-14-16-26(34)17-15-25)35(32(30)22(3)4)19-18-27(36)20-28(37)21-29(38)39-5;1-2;2-1-3/h6-17,22,27-28,36-37H,1-2,18-21H2,3-5H3;1-2H3;1H,(H2,2,3)/b23-11+;;. The molecule has 4 N–H and O–H groups in total. The third kappa shape index (κ3) is 10.5. The molecule has 2 atom stereocenters. The van der Waals surface area contributed by atoms with Crippen LogP contribution in [0.2, 0.25) is 0 Å². The predicted octanol–water partition coefficient (Wildman–Crippen LogP) is 7.03. The summed E-state index contributed by atoms with van der Waals surface area (Å²) >= 11 is 0. The summed E-state index contributed by atoms with van der Waals surface area (Å²) in [4.78, 5) is 20.1. The number of rotatable bonds is 13. The van der Waals surface area contributed by atoms with E-state index >= 15 is 0 Å². The average molecular weight is 607 g/mol. The highest BCUT2D eigenvalue weighted by Gasteiger charge is 2.28. The molecule has 7 nitrogen and oxygen atoms in total. The van der Waals surface area contributed by atoms with Crippen molar-refractivity contribution in [3.63, 3.8) is 0 Å². The Kier molecular flexibility index (Phi) is 17.0. The number of carbonyl (C=O) groups is 2. The maximum atomic E-state index is 14.0. The summed E-state index contributed by atoms with van der Waals surface area (Å²) in [5.74, 6) is -0.758. The van der Waals surface area contributed by atoms with Gasteiger partial charge in [-0.15, -0.1) is 0 Å². The SMILES string of the molecule is C=C/C=C(\C=C)c1c(-c2ccccc2)c(-c2ccc(F)cc2)n(CCC(O)CC(O)CC(=O)OC)c1C(C)C.CC.NC=O.